The van der Waals surface area contributed by atoms with Crippen molar-refractivity contribution in [3.05, 3.63) is 0 Å². The van der Waals surface area contributed by atoms with Crippen LogP contribution in [0.5, 0.6) is 0 Å². The predicted molar refractivity (Wildman–Crippen MR) is 71.8 cm³/mol. The smallest absolute Gasteiger partial charge is 0.00927 e. The number of rotatable bonds is 4. The van der Waals surface area contributed by atoms with Crippen LogP contribution in [0, 0.1) is 11.8 Å². The maximum Gasteiger partial charge on any atom is 0.00927 e. The normalized spacial score (nSPS) is 30.8. The molecule has 0 bridgehead atoms. The molecule has 0 aromatic carbocycles. The van der Waals surface area contributed by atoms with Gasteiger partial charge in [-0.3, -0.25) is 4.90 Å². The highest BCUT2D eigenvalue weighted by Crippen LogP contribution is 2.16. The molecule has 2 heteroatoms. The van der Waals surface area contributed by atoms with E-state index in [1.165, 1.54) is 45.4 Å². The quantitative estimate of drug-likeness (QED) is 0.793. The Kier molecular flexibility index (Phi) is 6.37. The van der Waals surface area contributed by atoms with Crippen molar-refractivity contribution in [2.45, 2.75) is 53.0 Å². The second-order valence-electron chi connectivity index (χ2n) is 5.67. The van der Waals surface area contributed by atoms with Gasteiger partial charge < -0.3 is 5.32 Å². The highest BCUT2D eigenvalue weighted by atomic mass is 15.2. The second kappa shape index (κ2) is 7.29. The third kappa shape index (κ3) is 4.42. The zero-order valence-corrected chi connectivity index (χ0v) is 11.6. The van der Waals surface area contributed by atoms with Crippen LogP contribution in [0.3, 0.4) is 0 Å². The zero-order valence-electron chi connectivity index (χ0n) is 11.6. The Hall–Kier alpha value is -0.0800. The molecule has 16 heavy (non-hydrogen) atoms. The van der Waals surface area contributed by atoms with Crippen LogP contribution < -0.4 is 5.32 Å². The minimum Gasteiger partial charge on any atom is -0.316 e. The van der Waals surface area contributed by atoms with Crippen LogP contribution in [0.4, 0.5) is 0 Å². The highest BCUT2D eigenvalue weighted by molar-refractivity contribution is 4.78. The van der Waals surface area contributed by atoms with Crippen LogP contribution in [-0.2, 0) is 0 Å². The van der Waals surface area contributed by atoms with E-state index < -0.39 is 0 Å². The van der Waals surface area contributed by atoms with Crippen molar-refractivity contribution >= 4 is 0 Å². The van der Waals surface area contributed by atoms with Gasteiger partial charge in [0.2, 0.25) is 0 Å². The number of nitrogens with zero attached hydrogens (tertiary/aromatic N) is 1. The summed E-state index contributed by atoms with van der Waals surface area (Å²) in [7, 11) is 0. The van der Waals surface area contributed by atoms with Gasteiger partial charge in [0.1, 0.15) is 0 Å². The maximum absolute atomic E-state index is 3.57. The fraction of sp³-hybridized carbons (Fsp3) is 1.00. The lowest BCUT2D eigenvalue weighted by Gasteiger charge is -2.37. The van der Waals surface area contributed by atoms with Crippen molar-refractivity contribution in [3.8, 4) is 0 Å². The van der Waals surface area contributed by atoms with E-state index in [-0.39, 0.29) is 0 Å². The van der Waals surface area contributed by atoms with Crippen LogP contribution >= 0.6 is 0 Å². The Labute approximate surface area is 102 Å². The van der Waals surface area contributed by atoms with Gasteiger partial charge in [0.15, 0.2) is 0 Å². The van der Waals surface area contributed by atoms with E-state index in [2.05, 4.69) is 37.9 Å². The van der Waals surface area contributed by atoms with E-state index >= 15 is 0 Å². The Morgan fingerprint density at radius 2 is 1.69 bits per heavy atom. The molecule has 0 radical (unpaired) electrons. The summed E-state index contributed by atoms with van der Waals surface area (Å²) in [5.74, 6) is 1.58. The average Bonchev–Trinajstić information content (AvgIpc) is 2.22. The predicted octanol–water partition coefficient (Wildman–Crippen LogP) is 2.74. The van der Waals surface area contributed by atoms with E-state index in [1.54, 1.807) is 0 Å². The van der Waals surface area contributed by atoms with Crippen LogP contribution in [0.25, 0.3) is 0 Å². The highest BCUT2D eigenvalue weighted by Gasteiger charge is 2.22. The van der Waals surface area contributed by atoms with E-state index in [0.717, 1.165) is 17.9 Å². The summed E-state index contributed by atoms with van der Waals surface area (Å²) in [6, 6.07) is 0.813. The zero-order chi connectivity index (χ0) is 12.0. The van der Waals surface area contributed by atoms with Crippen LogP contribution in [0.2, 0.25) is 0 Å². The summed E-state index contributed by atoms with van der Waals surface area (Å²) in [4.78, 5) is 2.75. The minimum atomic E-state index is 0.790. The van der Waals surface area contributed by atoms with Crippen molar-refractivity contribution in [1.29, 1.82) is 0 Å². The fourth-order valence-electron chi connectivity index (χ4n) is 2.86. The first-order chi connectivity index (χ1) is 7.67. The first-order valence-electron chi connectivity index (χ1n) is 7.12. The average molecular weight is 226 g/mol. The molecule has 2 nitrogen and oxygen atoms in total. The lowest BCUT2D eigenvalue weighted by Crippen LogP contribution is -2.46. The number of hydrogen-bond donors (Lipinski definition) is 1. The fourth-order valence-corrected chi connectivity index (χ4v) is 2.86. The largest absolute Gasteiger partial charge is 0.316 e. The third-order valence-corrected chi connectivity index (χ3v) is 3.69. The molecule has 1 heterocycles. The molecule has 0 saturated carbocycles. The van der Waals surface area contributed by atoms with Gasteiger partial charge >= 0.3 is 0 Å². The molecule has 1 aliphatic rings. The van der Waals surface area contributed by atoms with Gasteiger partial charge in [-0.15, -0.1) is 0 Å². The van der Waals surface area contributed by atoms with Crippen molar-refractivity contribution in [1.82, 2.24) is 10.2 Å². The minimum absolute atomic E-state index is 0.790. The molecule has 1 saturated heterocycles. The summed E-state index contributed by atoms with van der Waals surface area (Å²) >= 11 is 0. The lowest BCUT2D eigenvalue weighted by molar-refractivity contribution is 0.123. The molecule has 0 aromatic heterocycles. The Morgan fingerprint density at radius 3 is 2.12 bits per heavy atom. The van der Waals surface area contributed by atoms with Gasteiger partial charge in [-0.05, 0) is 37.8 Å². The van der Waals surface area contributed by atoms with Gasteiger partial charge in [0.25, 0.3) is 0 Å². The molecular formula is C14H30N2. The monoisotopic (exact) mass is 226 g/mol. The number of hydrogen-bond acceptors (Lipinski definition) is 2. The molecule has 1 fully saturated rings. The molecular weight excluding hydrogens is 196 g/mol. The van der Waals surface area contributed by atoms with E-state index in [4.69, 9.17) is 0 Å². The summed E-state index contributed by atoms with van der Waals surface area (Å²) in [6.45, 7) is 14.3. The summed E-state index contributed by atoms with van der Waals surface area (Å²) < 4.78 is 0. The molecule has 1 rings (SSSR count). The van der Waals surface area contributed by atoms with Crippen molar-refractivity contribution < 1.29 is 0 Å². The Bertz CT molecular complexity index is 170. The van der Waals surface area contributed by atoms with Crippen LogP contribution in [0.1, 0.15) is 47.0 Å². The summed E-state index contributed by atoms with van der Waals surface area (Å²) in [5.41, 5.74) is 0. The lowest BCUT2D eigenvalue weighted by atomic mass is 10.0. The standard InChI is InChI=1S/C14H30N2/c1-5-7-14(6-2)16-10-12(3)8-15-9-13(4)11-16/h12-15H,5-11H2,1-4H3. The topological polar surface area (TPSA) is 15.3 Å². The summed E-state index contributed by atoms with van der Waals surface area (Å²) in [5, 5.41) is 3.57. The van der Waals surface area contributed by atoms with Gasteiger partial charge in [0.05, 0.1) is 0 Å². The Balaban J connectivity index is 2.56. The molecule has 0 amide bonds. The van der Waals surface area contributed by atoms with Crippen molar-refractivity contribution in [2.24, 2.45) is 11.8 Å². The van der Waals surface area contributed by atoms with Crippen LogP contribution in [-0.4, -0.2) is 37.1 Å². The van der Waals surface area contributed by atoms with Gasteiger partial charge in [0, 0.05) is 19.1 Å². The van der Waals surface area contributed by atoms with Gasteiger partial charge in [-0.1, -0.05) is 34.1 Å². The van der Waals surface area contributed by atoms with E-state index in [1.807, 2.05) is 0 Å². The SMILES string of the molecule is CCCC(CC)N1CC(C)CNCC(C)C1. The molecule has 0 aromatic rings. The molecule has 3 atom stereocenters. The first-order valence-corrected chi connectivity index (χ1v) is 7.12. The van der Waals surface area contributed by atoms with E-state index in [9.17, 15) is 0 Å². The van der Waals surface area contributed by atoms with Crippen LogP contribution in [0.15, 0.2) is 0 Å². The Morgan fingerprint density at radius 1 is 1.12 bits per heavy atom. The molecule has 96 valence electrons. The summed E-state index contributed by atoms with van der Waals surface area (Å²) in [6.07, 6.45) is 3.99. The molecule has 3 unspecified atom stereocenters. The third-order valence-electron chi connectivity index (χ3n) is 3.69. The maximum atomic E-state index is 3.57. The molecule has 0 spiro atoms. The molecule has 1 N–H and O–H groups in total. The molecule has 0 aliphatic carbocycles. The van der Waals surface area contributed by atoms with Crippen molar-refractivity contribution in [3.63, 3.8) is 0 Å². The van der Waals surface area contributed by atoms with E-state index in [0.29, 0.717) is 0 Å². The first kappa shape index (κ1) is 14.0. The second-order valence-corrected chi connectivity index (χ2v) is 5.67. The molecule has 1 aliphatic heterocycles. The number of nitrogens with one attached hydrogen (secondary N) is 1. The van der Waals surface area contributed by atoms with Gasteiger partial charge in [-0.25, -0.2) is 0 Å². The van der Waals surface area contributed by atoms with Crippen molar-refractivity contribution in [2.75, 3.05) is 26.2 Å². The van der Waals surface area contributed by atoms with Gasteiger partial charge in [-0.2, -0.15) is 0 Å².